The summed E-state index contributed by atoms with van der Waals surface area (Å²) < 4.78 is 0. The quantitative estimate of drug-likeness (QED) is 0.738. The Labute approximate surface area is 98.7 Å². The molecular weight excluding hydrogens is 198 g/mol. The van der Waals surface area contributed by atoms with Crippen LogP contribution >= 0.6 is 0 Å². The molecule has 0 bridgehead atoms. The van der Waals surface area contributed by atoms with Crippen molar-refractivity contribution in [2.75, 3.05) is 0 Å². The third-order valence-electron chi connectivity index (χ3n) is 5.09. The van der Waals surface area contributed by atoms with Gasteiger partial charge in [-0.25, -0.2) is 0 Å². The summed E-state index contributed by atoms with van der Waals surface area (Å²) in [4.78, 5) is 0. The molecule has 0 aromatic carbocycles. The number of rotatable bonds is 1. The molecule has 0 aliphatic heterocycles. The molecule has 2 rings (SSSR count). The molecule has 2 fully saturated rings. The Bertz CT molecular complexity index is 300. The number of hydrogen-bond acceptors (Lipinski definition) is 2. The third-order valence-corrected chi connectivity index (χ3v) is 5.09. The van der Waals surface area contributed by atoms with Gasteiger partial charge in [-0.1, -0.05) is 26.7 Å². The monoisotopic (exact) mass is 221 g/mol. The van der Waals surface area contributed by atoms with E-state index in [4.69, 9.17) is 0 Å². The maximum atomic E-state index is 11.0. The van der Waals surface area contributed by atoms with Gasteiger partial charge in [0.15, 0.2) is 0 Å². The Balaban J connectivity index is 2.26. The third kappa shape index (κ3) is 1.57. The summed E-state index contributed by atoms with van der Waals surface area (Å²) in [5, 5.41) is 20.5. The highest BCUT2D eigenvalue weighted by atomic mass is 16.3. The Morgan fingerprint density at radius 1 is 1.19 bits per heavy atom. The Kier molecular flexibility index (Phi) is 3.01. The summed E-state index contributed by atoms with van der Waals surface area (Å²) in [6, 6.07) is 2.48. The first kappa shape index (κ1) is 11.9. The molecule has 3 atom stereocenters. The Morgan fingerprint density at radius 3 is 2.31 bits per heavy atom. The molecule has 90 valence electrons. The molecule has 2 aliphatic carbocycles. The van der Waals surface area contributed by atoms with E-state index in [1.807, 2.05) is 0 Å². The molecule has 16 heavy (non-hydrogen) atoms. The van der Waals surface area contributed by atoms with Crippen molar-refractivity contribution in [2.24, 2.45) is 17.3 Å². The molecule has 0 aromatic heterocycles. The average Bonchev–Trinajstić information content (AvgIpc) is 2.74. The lowest BCUT2D eigenvalue weighted by Crippen LogP contribution is -2.53. The first-order chi connectivity index (χ1) is 7.54. The van der Waals surface area contributed by atoms with Gasteiger partial charge in [-0.3, -0.25) is 0 Å². The molecule has 0 amide bonds. The molecule has 0 heterocycles. The summed E-state index contributed by atoms with van der Waals surface area (Å²) in [6.45, 7) is 4.39. The molecule has 0 radical (unpaired) electrons. The molecular formula is C14H23NO. The molecule has 0 aromatic rings. The fourth-order valence-corrected chi connectivity index (χ4v) is 3.96. The minimum Gasteiger partial charge on any atom is -0.388 e. The second kappa shape index (κ2) is 4.04. The van der Waals surface area contributed by atoms with E-state index in [1.54, 1.807) is 0 Å². The van der Waals surface area contributed by atoms with Crippen LogP contribution in [0, 0.1) is 28.6 Å². The van der Waals surface area contributed by atoms with Gasteiger partial charge in [0, 0.05) is 0 Å². The number of hydrogen-bond donors (Lipinski definition) is 1. The highest BCUT2D eigenvalue weighted by Gasteiger charge is 2.56. The van der Waals surface area contributed by atoms with Crippen LogP contribution in [0.5, 0.6) is 0 Å². The van der Waals surface area contributed by atoms with Crippen LogP contribution in [-0.2, 0) is 0 Å². The van der Waals surface area contributed by atoms with Gasteiger partial charge in [0.05, 0.1) is 17.1 Å². The van der Waals surface area contributed by atoms with E-state index in [0.29, 0.717) is 5.92 Å². The zero-order chi connectivity index (χ0) is 11.8. The highest BCUT2D eigenvalue weighted by Crippen LogP contribution is 2.54. The molecule has 2 saturated carbocycles. The summed E-state index contributed by atoms with van der Waals surface area (Å²) in [5.74, 6) is 0.974. The normalized spacial score (nSPS) is 42.9. The average molecular weight is 221 g/mol. The van der Waals surface area contributed by atoms with Crippen LogP contribution in [0.4, 0.5) is 0 Å². The van der Waals surface area contributed by atoms with E-state index in [2.05, 4.69) is 19.9 Å². The lowest BCUT2D eigenvalue weighted by molar-refractivity contribution is -0.125. The van der Waals surface area contributed by atoms with E-state index in [-0.39, 0.29) is 5.92 Å². The van der Waals surface area contributed by atoms with Crippen LogP contribution in [-0.4, -0.2) is 10.7 Å². The van der Waals surface area contributed by atoms with Gasteiger partial charge in [-0.15, -0.1) is 0 Å². The lowest BCUT2D eigenvalue weighted by atomic mass is 9.59. The summed E-state index contributed by atoms with van der Waals surface area (Å²) in [7, 11) is 0. The van der Waals surface area contributed by atoms with E-state index in [0.717, 1.165) is 44.9 Å². The minimum absolute atomic E-state index is 0.272. The zero-order valence-corrected chi connectivity index (χ0v) is 10.5. The number of aliphatic hydroxyl groups is 1. The van der Waals surface area contributed by atoms with E-state index in [1.165, 1.54) is 0 Å². The Morgan fingerprint density at radius 2 is 1.81 bits per heavy atom. The number of nitrogens with zero attached hydrogens (tertiary/aromatic N) is 1. The van der Waals surface area contributed by atoms with Crippen molar-refractivity contribution in [3.63, 3.8) is 0 Å². The van der Waals surface area contributed by atoms with Crippen molar-refractivity contribution in [2.45, 2.75) is 64.4 Å². The number of nitriles is 1. The van der Waals surface area contributed by atoms with Crippen molar-refractivity contribution < 1.29 is 5.11 Å². The second-order valence-corrected chi connectivity index (χ2v) is 6.11. The van der Waals surface area contributed by atoms with Crippen LogP contribution in [0.3, 0.4) is 0 Å². The molecule has 0 spiro atoms. The molecule has 2 aliphatic rings. The maximum Gasteiger partial charge on any atom is 0.0862 e. The minimum atomic E-state index is -0.717. The van der Waals surface area contributed by atoms with Crippen molar-refractivity contribution in [1.82, 2.24) is 0 Å². The van der Waals surface area contributed by atoms with E-state index >= 15 is 0 Å². The lowest BCUT2D eigenvalue weighted by Gasteiger charge is -2.49. The molecule has 2 nitrogen and oxygen atoms in total. The predicted octanol–water partition coefficient (Wildman–Crippen LogP) is 3.26. The van der Waals surface area contributed by atoms with Crippen LogP contribution in [0.1, 0.15) is 58.8 Å². The van der Waals surface area contributed by atoms with Crippen molar-refractivity contribution in [3.8, 4) is 6.07 Å². The molecule has 3 unspecified atom stereocenters. The largest absolute Gasteiger partial charge is 0.388 e. The standard InChI is InChI=1S/C14H23NO/c1-11-5-8-14(16,12(2)9-11)13(10-15)6-3-4-7-13/h11-12,16H,3-9H2,1-2H3. The van der Waals surface area contributed by atoms with Gasteiger partial charge in [0.2, 0.25) is 0 Å². The first-order valence-corrected chi connectivity index (χ1v) is 6.68. The zero-order valence-electron chi connectivity index (χ0n) is 10.5. The topological polar surface area (TPSA) is 44.0 Å². The van der Waals surface area contributed by atoms with Crippen molar-refractivity contribution in [3.05, 3.63) is 0 Å². The van der Waals surface area contributed by atoms with E-state index < -0.39 is 11.0 Å². The van der Waals surface area contributed by atoms with Crippen LogP contribution < -0.4 is 0 Å². The summed E-state index contributed by atoms with van der Waals surface area (Å²) in [5.41, 5.74) is -1.16. The maximum absolute atomic E-state index is 11.0. The van der Waals surface area contributed by atoms with Crippen LogP contribution in [0.2, 0.25) is 0 Å². The van der Waals surface area contributed by atoms with Crippen molar-refractivity contribution >= 4 is 0 Å². The van der Waals surface area contributed by atoms with Crippen LogP contribution in [0.15, 0.2) is 0 Å². The smallest absolute Gasteiger partial charge is 0.0862 e. The van der Waals surface area contributed by atoms with Gasteiger partial charge >= 0.3 is 0 Å². The van der Waals surface area contributed by atoms with Gasteiger partial charge in [0.1, 0.15) is 0 Å². The second-order valence-electron chi connectivity index (χ2n) is 6.11. The first-order valence-electron chi connectivity index (χ1n) is 6.68. The summed E-state index contributed by atoms with van der Waals surface area (Å²) >= 11 is 0. The molecule has 0 saturated heterocycles. The Hall–Kier alpha value is -0.550. The fraction of sp³-hybridized carbons (Fsp3) is 0.929. The van der Waals surface area contributed by atoms with E-state index in [9.17, 15) is 10.4 Å². The van der Waals surface area contributed by atoms with Gasteiger partial charge in [0.25, 0.3) is 0 Å². The molecule has 1 N–H and O–H groups in total. The predicted molar refractivity (Wildman–Crippen MR) is 63.6 cm³/mol. The van der Waals surface area contributed by atoms with Crippen LogP contribution in [0.25, 0.3) is 0 Å². The van der Waals surface area contributed by atoms with Gasteiger partial charge in [-0.2, -0.15) is 5.26 Å². The summed E-state index contributed by atoms with van der Waals surface area (Å²) in [6.07, 6.45) is 6.99. The van der Waals surface area contributed by atoms with Gasteiger partial charge in [-0.05, 0) is 43.9 Å². The van der Waals surface area contributed by atoms with Crippen molar-refractivity contribution in [1.29, 1.82) is 5.26 Å². The SMILES string of the molecule is CC1CCC(O)(C2(C#N)CCCC2)C(C)C1. The molecule has 2 heteroatoms. The van der Waals surface area contributed by atoms with Gasteiger partial charge < -0.3 is 5.11 Å². The highest BCUT2D eigenvalue weighted by molar-refractivity contribution is 5.16. The fourth-order valence-electron chi connectivity index (χ4n) is 3.96.